The Bertz CT molecular complexity index is 273. The van der Waals surface area contributed by atoms with Crippen LogP contribution in [0.15, 0.2) is 0 Å². The zero-order valence-corrected chi connectivity index (χ0v) is 8.76. The van der Waals surface area contributed by atoms with Crippen LogP contribution >= 0.6 is 0 Å². The molecule has 6 nitrogen and oxygen atoms in total. The summed E-state index contributed by atoms with van der Waals surface area (Å²) in [6, 6.07) is -0.162. The standard InChI is InChI=1S/C6H15N3O3S/c1-5(2)9(3)13(11,12)8-4-6(7)10/h5,8H,4H2,1-3H3,(H2,7,10). The number of hydrogen-bond acceptors (Lipinski definition) is 3. The molecular formula is C6H15N3O3S. The van der Waals surface area contributed by atoms with Gasteiger partial charge in [0.05, 0.1) is 6.54 Å². The summed E-state index contributed by atoms with van der Waals surface area (Å²) in [4.78, 5) is 10.3. The van der Waals surface area contributed by atoms with Crippen molar-refractivity contribution in [3.05, 3.63) is 0 Å². The minimum atomic E-state index is -3.57. The molecular weight excluding hydrogens is 194 g/mol. The maximum Gasteiger partial charge on any atom is 0.279 e. The first-order chi connectivity index (χ1) is 5.77. The second kappa shape index (κ2) is 4.54. The average molecular weight is 209 g/mol. The topological polar surface area (TPSA) is 92.5 Å². The minimum Gasteiger partial charge on any atom is -0.369 e. The third-order valence-electron chi connectivity index (χ3n) is 1.54. The van der Waals surface area contributed by atoms with Crippen LogP contribution in [-0.2, 0) is 15.0 Å². The van der Waals surface area contributed by atoms with Crippen LogP contribution in [0.1, 0.15) is 13.8 Å². The second-order valence-electron chi connectivity index (χ2n) is 2.90. The molecule has 0 aromatic heterocycles. The number of hydrogen-bond donors (Lipinski definition) is 2. The van der Waals surface area contributed by atoms with E-state index in [1.807, 2.05) is 0 Å². The fourth-order valence-electron chi connectivity index (χ4n) is 0.542. The molecule has 0 rings (SSSR count). The van der Waals surface area contributed by atoms with Gasteiger partial charge in [0, 0.05) is 13.1 Å². The van der Waals surface area contributed by atoms with E-state index >= 15 is 0 Å². The van der Waals surface area contributed by atoms with Gasteiger partial charge in [-0.3, -0.25) is 4.79 Å². The van der Waals surface area contributed by atoms with Gasteiger partial charge in [0.15, 0.2) is 0 Å². The van der Waals surface area contributed by atoms with Gasteiger partial charge >= 0.3 is 0 Å². The lowest BCUT2D eigenvalue weighted by atomic mass is 10.4. The minimum absolute atomic E-state index is 0.162. The number of nitrogens with one attached hydrogen (secondary N) is 1. The maximum absolute atomic E-state index is 11.3. The van der Waals surface area contributed by atoms with Gasteiger partial charge in [0.1, 0.15) is 0 Å². The van der Waals surface area contributed by atoms with Gasteiger partial charge in [-0.15, -0.1) is 0 Å². The molecule has 0 heterocycles. The molecule has 0 aliphatic rings. The van der Waals surface area contributed by atoms with Crippen molar-refractivity contribution < 1.29 is 13.2 Å². The van der Waals surface area contributed by atoms with Crippen molar-refractivity contribution in [3.63, 3.8) is 0 Å². The Labute approximate surface area is 78.3 Å². The van der Waals surface area contributed by atoms with Crippen molar-refractivity contribution in [3.8, 4) is 0 Å². The number of carbonyl (C=O) groups is 1. The highest BCUT2D eigenvalue weighted by molar-refractivity contribution is 7.87. The molecule has 0 aromatic rings. The van der Waals surface area contributed by atoms with E-state index in [0.29, 0.717) is 0 Å². The first kappa shape index (κ1) is 12.3. The fraction of sp³-hybridized carbons (Fsp3) is 0.833. The number of carbonyl (C=O) groups excluding carboxylic acids is 1. The van der Waals surface area contributed by atoms with E-state index in [4.69, 9.17) is 5.73 Å². The lowest BCUT2D eigenvalue weighted by Crippen LogP contribution is -2.44. The highest BCUT2D eigenvalue weighted by Crippen LogP contribution is 1.99. The van der Waals surface area contributed by atoms with Gasteiger partial charge in [-0.25, -0.2) is 0 Å². The zero-order valence-electron chi connectivity index (χ0n) is 7.94. The molecule has 0 saturated carbocycles. The molecule has 7 heteroatoms. The monoisotopic (exact) mass is 209 g/mol. The predicted octanol–water partition coefficient (Wildman–Crippen LogP) is -1.35. The Morgan fingerprint density at radius 1 is 1.54 bits per heavy atom. The van der Waals surface area contributed by atoms with E-state index in [9.17, 15) is 13.2 Å². The van der Waals surface area contributed by atoms with Crippen LogP contribution in [-0.4, -0.2) is 38.3 Å². The number of primary amides is 1. The first-order valence-corrected chi connectivity index (χ1v) is 5.22. The number of rotatable bonds is 5. The van der Waals surface area contributed by atoms with Crippen molar-refractivity contribution in [1.29, 1.82) is 0 Å². The summed E-state index contributed by atoms with van der Waals surface area (Å²) in [5, 5.41) is 0. The van der Waals surface area contributed by atoms with E-state index in [0.717, 1.165) is 4.31 Å². The Kier molecular flexibility index (Phi) is 4.31. The molecule has 78 valence electrons. The summed E-state index contributed by atoms with van der Waals surface area (Å²) in [6.07, 6.45) is 0. The molecule has 1 amide bonds. The number of amides is 1. The molecule has 0 aromatic carbocycles. The lowest BCUT2D eigenvalue weighted by Gasteiger charge is -2.20. The van der Waals surface area contributed by atoms with E-state index in [1.165, 1.54) is 7.05 Å². The third kappa shape index (κ3) is 4.20. The molecule has 0 spiro atoms. The molecule has 0 fully saturated rings. The lowest BCUT2D eigenvalue weighted by molar-refractivity contribution is -0.116. The van der Waals surface area contributed by atoms with Crippen molar-refractivity contribution in [2.45, 2.75) is 19.9 Å². The predicted molar refractivity (Wildman–Crippen MR) is 49.0 cm³/mol. The van der Waals surface area contributed by atoms with E-state index in [1.54, 1.807) is 13.8 Å². The van der Waals surface area contributed by atoms with E-state index in [2.05, 4.69) is 4.72 Å². The van der Waals surface area contributed by atoms with Crippen LogP contribution in [0.25, 0.3) is 0 Å². The molecule has 0 aliphatic heterocycles. The summed E-state index contributed by atoms with van der Waals surface area (Å²) in [7, 11) is -2.15. The van der Waals surface area contributed by atoms with Crippen molar-refractivity contribution in [2.24, 2.45) is 5.73 Å². The molecule has 3 N–H and O–H groups in total. The quantitative estimate of drug-likeness (QED) is 0.586. The Morgan fingerprint density at radius 3 is 2.31 bits per heavy atom. The van der Waals surface area contributed by atoms with E-state index in [-0.39, 0.29) is 12.6 Å². The smallest absolute Gasteiger partial charge is 0.279 e. The van der Waals surface area contributed by atoms with Crippen molar-refractivity contribution in [2.75, 3.05) is 13.6 Å². The third-order valence-corrected chi connectivity index (χ3v) is 3.22. The molecule has 0 bridgehead atoms. The SMILES string of the molecule is CC(C)N(C)S(=O)(=O)NCC(N)=O. The van der Waals surface area contributed by atoms with Crippen LogP contribution in [0.4, 0.5) is 0 Å². The molecule has 0 radical (unpaired) electrons. The van der Waals surface area contributed by atoms with E-state index < -0.39 is 16.1 Å². The van der Waals surface area contributed by atoms with Gasteiger partial charge in [-0.1, -0.05) is 0 Å². The molecule has 0 aliphatic carbocycles. The van der Waals surface area contributed by atoms with Gasteiger partial charge in [-0.05, 0) is 13.8 Å². The summed E-state index contributed by atoms with van der Waals surface area (Å²) in [6.45, 7) is 3.08. The second-order valence-corrected chi connectivity index (χ2v) is 4.72. The van der Waals surface area contributed by atoms with Gasteiger partial charge in [0.25, 0.3) is 10.2 Å². The Morgan fingerprint density at radius 2 is 2.00 bits per heavy atom. The van der Waals surface area contributed by atoms with Crippen LogP contribution in [0.2, 0.25) is 0 Å². The van der Waals surface area contributed by atoms with Crippen molar-refractivity contribution in [1.82, 2.24) is 9.03 Å². The Hall–Kier alpha value is -0.660. The van der Waals surface area contributed by atoms with Crippen LogP contribution in [0, 0.1) is 0 Å². The van der Waals surface area contributed by atoms with Gasteiger partial charge in [-0.2, -0.15) is 17.4 Å². The summed E-state index contributed by atoms with van der Waals surface area (Å²) >= 11 is 0. The van der Waals surface area contributed by atoms with Gasteiger partial charge < -0.3 is 5.73 Å². The first-order valence-electron chi connectivity index (χ1n) is 3.78. The van der Waals surface area contributed by atoms with Crippen LogP contribution < -0.4 is 10.5 Å². The molecule has 0 unspecified atom stereocenters. The Balaban J connectivity index is 4.32. The zero-order chi connectivity index (χ0) is 10.6. The highest BCUT2D eigenvalue weighted by atomic mass is 32.2. The average Bonchev–Trinajstić information content (AvgIpc) is 1.99. The summed E-state index contributed by atoms with van der Waals surface area (Å²) < 4.78 is 25.8. The summed E-state index contributed by atoms with van der Waals surface area (Å²) in [5.74, 6) is -0.708. The van der Waals surface area contributed by atoms with Crippen LogP contribution in [0.5, 0.6) is 0 Å². The molecule has 0 atom stereocenters. The highest BCUT2D eigenvalue weighted by Gasteiger charge is 2.19. The molecule has 0 saturated heterocycles. The van der Waals surface area contributed by atoms with Crippen molar-refractivity contribution >= 4 is 16.1 Å². The summed E-state index contributed by atoms with van der Waals surface area (Å²) in [5.41, 5.74) is 4.79. The molecule has 13 heavy (non-hydrogen) atoms. The number of nitrogens with zero attached hydrogens (tertiary/aromatic N) is 1. The van der Waals surface area contributed by atoms with Gasteiger partial charge in [0.2, 0.25) is 5.91 Å². The van der Waals surface area contributed by atoms with Crippen LogP contribution in [0.3, 0.4) is 0 Å². The fourth-order valence-corrected chi connectivity index (χ4v) is 1.63. The maximum atomic E-state index is 11.3. The normalized spacial score (nSPS) is 12.4. The largest absolute Gasteiger partial charge is 0.369 e. The number of nitrogens with two attached hydrogens (primary N) is 1.